The summed E-state index contributed by atoms with van der Waals surface area (Å²) in [6.45, 7) is -0.192. The summed E-state index contributed by atoms with van der Waals surface area (Å²) < 4.78 is 40.4. The molecule has 19 heavy (non-hydrogen) atoms. The van der Waals surface area contributed by atoms with Gasteiger partial charge < -0.3 is 14.7 Å². The Kier molecular flexibility index (Phi) is 4.31. The molecule has 1 aliphatic rings. The molecule has 6 heteroatoms. The van der Waals surface area contributed by atoms with Crippen molar-refractivity contribution in [2.45, 2.75) is 18.7 Å². The minimum absolute atomic E-state index is 0.0178. The summed E-state index contributed by atoms with van der Waals surface area (Å²) in [6.07, 6.45) is -4.20. The van der Waals surface area contributed by atoms with Crippen molar-refractivity contribution in [3.63, 3.8) is 0 Å². The Labute approximate surface area is 109 Å². The number of nitrogens with zero attached hydrogens (tertiary/aromatic N) is 1. The van der Waals surface area contributed by atoms with Crippen molar-refractivity contribution in [2.24, 2.45) is 0 Å². The molecular formula is C13H16F3NO2. The van der Waals surface area contributed by atoms with E-state index in [-0.39, 0.29) is 6.61 Å². The molecule has 0 fully saturated rings. The Balaban J connectivity index is 1.90. The second-order valence-electron chi connectivity index (χ2n) is 4.52. The molecule has 1 aromatic carbocycles. The van der Waals surface area contributed by atoms with Crippen molar-refractivity contribution in [3.05, 3.63) is 29.8 Å². The molecule has 0 amide bonds. The van der Waals surface area contributed by atoms with E-state index in [1.54, 1.807) is 0 Å². The van der Waals surface area contributed by atoms with Crippen LogP contribution in [0.3, 0.4) is 0 Å². The highest BCUT2D eigenvalue weighted by Crippen LogP contribution is 2.33. The molecule has 1 unspecified atom stereocenters. The molecule has 0 radical (unpaired) electrons. The number of hydrogen-bond donors (Lipinski definition) is 1. The molecule has 1 aromatic rings. The molecule has 0 aliphatic carbocycles. The molecule has 0 spiro atoms. The molecular weight excluding hydrogens is 259 g/mol. The molecule has 0 bridgehead atoms. The summed E-state index contributed by atoms with van der Waals surface area (Å²) in [5.74, 6) is 0. The van der Waals surface area contributed by atoms with Gasteiger partial charge in [-0.3, -0.25) is 0 Å². The first kappa shape index (κ1) is 14.1. The van der Waals surface area contributed by atoms with Gasteiger partial charge in [0.15, 0.2) is 0 Å². The van der Waals surface area contributed by atoms with Gasteiger partial charge in [-0.05, 0) is 12.5 Å². The van der Waals surface area contributed by atoms with Crippen LogP contribution < -0.4 is 4.90 Å². The van der Waals surface area contributed by atoms with Gasteiger partial charge in [0.2, 0.25) is 0 Å². The Morgan fingerprint density at radius 1 is 1.32 bits per heavy atom. The van der Waals surface area contributed by atoms with E-state index in [9.17, 15) is 18.3 Å². The molecule has 1 heterocycles. The topological polar surface area (TPSA) is 32.7 Å². The molecule has 0 saturated carbocycles. The molecule has 0 saturated heterocycles. The van der Waals surface area contributed by atoms with Crippen LogP contribution in [0.15, 0.2) is 24.3 Å². The van der Waals surface area contributed by atoms with Gasteiger partial charge in [0.05, 0.1) is 12.7 Å². The lowest BCUT2D eigenvalue weighted by atomic mass is 9.99. The van der Waals surface area contributed by atoms with E-state index in [2.05, 4.69) is 4.74 Å². The molecule has 3 nitrogen and oxygen atoms in total. The highest BCUT2D eigenvalue weighted by molar-refractivity contribution is 5.56. The summed E-state index contributed by atoms with van der Waals surface area (Å²) in [4.78, 5) is 1.94. The Hall–Kier alpha value is -1.27. The van der Waals surface area contributed by atoms with Gasteiger partial charge in [-0.25, -0.2) is 0 Å². The maximum atomic E-state index is 11.9. The minimum Gasteiger partial charge on any atom is -0.388 e. The van der Waals surface area contributed by atoms with Crippen molar-refractivity contribution in [3.8, 4) is 0 Å². The Bertz CT molecular complexity index is 423. The van der Waals surface area contributed by atoms with Crippen LogP contribution in [0.1, 0.15) is 18.1 Å². The average Bonchev–Trinajstić information content (AvgIpc) is 2.36. The number of alkyl halides is 3. The van der Waals surface area contributed by atoms with E-state index >= 15 is 0 Å². The van der Waals surface area contributed by atoms with Crippen molar-refractivity contribution < 1.29 is 23.0 Å². The number of benzene rings is 1. The van der Waals surface area contributed by atoms with E-state index < -0.39 is 18.9 Å². The standard InChI is InChI=1S/C13H16F3NO2/c14-13(15,16)9-19-8-7-17-6-5-12(18)10-3-1-2-4-11(10)17/h1-4,12,18H,5-9H2. The molecule has 1 N–H and O–H groups in total. The summed E-state index contributed by atoms with van der Waals surface area (Å²) in [5, 5.41) is 9.85. The largest absolute Gasteiger partial charge is 0.411 e. The SMILES string of the molecule is OC1CCN(CCOCC(F)(F)F)c2ccccc21. The summed E-state index contributed by atoms with van der Waals surface area (Å²) in [7, 11) is 0. The van der Waals surface area contributed by atoms with Crippen LogP contribution in [0.5, 0.6) is 0 Å². The fourth-order valence-electron chi connectivity index (χ4n) is 2.21. The van der Waals surface area contributed by atoms with Crippen LogP contribution in [-0.4, -0.2) is 37.6 Å². The first-order chi connectivity index (χ1) is 8.97. The predicted molar refractivity (Wildman–Crippen MR) is 65.1 cm³/mol. The number of rotatable bonds is 4. The highest BCUT2D eigenvalue weighted by Gasteiger charge is 2.28. The van der Waals surface area contributed by atoms with E-state index in [0.29, 0.717) is 19.5 Å². The van der Waals surface area contributed by atoms with E-state index in [4.69, 9.17) is 0 Å². The number of aliphatic hydroxyl groups excluding tert-OH is 1. The minimum atomic E-state index is -4.28. The van der Waals surface area contributed by atoms with Crippen LogP contribution in [0.4, 0.5) is 18.9 Å². The van der Waals surface area contributed by atoms with E-state index in [1.165, 1.54) is 0 Å². The normalized spacial score (nSPS) is 19.4. The number of para-hydroxylation sites is 1. The maximum Gasteiger partial charge on any atom is 0.411 e. The summed E-state index contributed by atoms with van der Waals surface area (Å²) in [5.41, 5.74) is 1.70. The van der Waals surface area contributed by atoms with Crippen LogP contribution in [0, 0.1) is 0 Å². The lowest BCUT2D eigenvalue weighted by molar-refractivity contribution is -0.173. The zero-order valence-electron chi connectivity index (χ0n) is 10.4. The molecule has 1 aliphatic heterocycles. The zero-order valence-corrected chi connectivity index (χ0v) is 10.4. The monoisotopic (exact) mass is 275 g/mol. The van der Waals surface area contributed by atoms with Gasteiger partial charge in [-0.2, -0.15) is 13.2 Å². The van der Waals surface area contributed by atoms with E-state index in [0.717, 1.165) is 11.3 Å². The third-order valence-corrected chi connectivity index (χ3v) is 3.08. The number of fused-ring (bicyclic) bond motifs is 1. The van der Waals surface area contributed by atoms with Crippen molar-refractivity contribution in [1.29, 1.82) is 0 Å². The summed E-state index contributed by atoms with van der Waals surface area (Å²) in [6, 6.07) is 7.39. The quantitative estimate of drug-likeness (QED) is 0.857. The van der Waals surface area contributed by atoms with Crippen LogP contribution >= 0.6 is 0 Å². The average molecular weight is 275 g/mol. The lowest BCUT2D eigenvalue weighted by Crippen LogP contribution is -2.34. The second kappa shape index (κ2) is 5.79. The Morgan fingerprint density at radius 2 is 2.05 bits per heavy atom. The predicted octanol–water partition coefficient (Wildman–Crippen LogP) is 2.51. The molecule has 2 rings (SSSR count). The fraction of sp³-hybridized carbons (Fsp3) is 0.538. The van der Waals surface area contributed by atoms with Crippen molar-refractivity contribution in [1.82, 2.24) is 0 Å². The van der Waals surface area contributed by atoms with Gasteiger partial charge in [0, 0.05) is 24.3 Å². The van der Waals surface area contributed by atoms with E-state index in [1.807, 2.05) is 29.2 Å². The van der Waals surface area contributed by atoms with Crippen LogP contribution in [0.25, 0.3) is 0 Å². The number of anilines is 1. The van der Waals surface area contributed by atoms with Gasteiger partial charge >= 0.3 is 6.18 Å². The van der Waals surface area contributed by atoms with Crippen LogP contribution in [0.2, 0.25) is 0 Å². The first-order valence-electron chi connectivity index (χ1n) is 6.14. The smallest absolute Gasteiger partial charge is 0.388 e. The van der Waals surface area contributed by atoms with Crippen molar-refractivity contribution >= 4 is 5.69 Å². The third-order valence-electron chi connectivity index (χ3n) is 3.08. The number of aliphatic hydroxyl groups is 1. The highest BCUT2D eigenvalue weighted by atomic mass is 19.4. The van der Waals surface area contributed by atoms with Crippen LogP contribution in [-0.2, 0) is 4.74 Å². The number of hydrogen-bond acceptors (Lipinski definition) is 3. The van der Waals surface area contributed by atoms with Gasteiger partial charge in [0.1, 0.15) is 6.61 Å². The maximum absolute atomic E-state index is 11.9. The first-order valence-corrected chi connectivity index (χ1v) is 6.14. The van der Waals surface area contributed by atoms with Gasteiger partial charge in [-0.1, -0.05) is 18.2 Å². The molecule has 106 valence electrons. The number of ether oxygens (including phenoxy) is 1. The zero-order chi connectivity index (χ0) is 13.9. The van der Waals surface area contributed by atoms with Gasteiger partial charge in [-0.15, -0.1) is 0 Å². The van der Waals surface area contributed by atoms with Gasteiger partial charge in [0.25, 0.3) is 0 Å². The number of halogens is 3. The fourth-order valence-corrected chi connectivity index (χ4v) is 2.21. The molecule has 0 aromatic heterocycles. The lowest BCUT2D eigenvalue weighted by Gasteiger charge is -2.33. The van der Waals surface area contributed by atoms with Crippen molar-refractivity contribution in [2.75, 3.05) is 31.2 Å². The molecule has 1 atom stereocenters. The third kappa shape index (κ3) is 3.84. The Morgan fingerprint density at radius 3 is 2.79 bits per heavy atom. The summed E-state index contributed by atoms with van der Waals surface area (Å²) >= 11 is 0. The second-order valence-corrected chi connectivity index (χ2v) is 4.52.